The average Bonchev–Trinajstić information content (AvgIpc) is 2.84. The van der Waals surface area contributed by atoms with Crippen LogP contribution >= 0.6 is 0 Å². The summed E-state index contributed by atoms with van der Waals surface area (Å²) < 4.78 is 0. The average molecular weight is 215 g/mol. The lowest BCUT2D eigenvalue weighted by Gasteiger charge is -2.32. The molecule has 0 aliphatic carbocycles. The predicted octanol–water partition coefficient (Wildman–Crippen LogP) is 3.92. The first kappa shape index (κ1) is 10.3. The summed E-state index contributed by atoms with van der Waals surface area (Å²) in [5, 5.41) is 0. The van der Waals surface area contributed by atoms with Crippen LogP contribution < -0.4 is 0 Å². The normalized spacial score (nSPS) is 29.8. The van der Waals surface area contributed by atoms with Crippen LogP contribution in [0.1, 0.15) is 56.8 Å². The molecule has 1 nitrogen and oxygen atoms in total. The first-order valence-corrected chi connectivity index (χ1v) is 6.56. The highest BCUT2D eigenvalue weighted by Crippen LogP contribution is 2.54. The third-order valence-corrected chi connectivity index (χ3v) is 4.58. The minimum absolute atomic E-state index is 0.699. The Morgan fingerprint density at radius 2 is 1.50 bits per heavy atom. The third kappa shape index (κ3) is 1.27. The molecule has 1 saturated heterocycles. The molecule has 1 fully saturated rings. The Balaban J connectivity index is 1.98. The summed E-state index contributed by atoms with van der Waals surface area (Å²) in [6.07, 6.45) is 2.72. The second-order valence-electron chi connectivity index (χ2n) is 5.67. The predicted molar refractivity (Wildman–Crippen MR) is 67.3 cm³/mol. The first-order chi connectivity index (χ1) is 7.70. The van der Waals surface area contributed by atoms with Crippen LogP contribution in [-0.4, -0.2) is 10.9 Å². The van der Waals surface area contributed by atoms with Gasteiger partial charge in [-0.15, -0.1) is 0 Å². The Hall–Kier alpha value is -0.820. The molecule has 2 aliphatic heterocycles. The molecule has 86 valence electrons. The largest absolute Gasteiger partial charge is 0.286 e. The molecule has 0 saturated carbocycles. The van der Waals surface area contributed by atoms with E-state index in [0.717, 1.165) is 5.92 Å². The smallest absolute Gasteiger partial charge is 0.0361 e. The first-order valence-electron chi connectivity index (χ1n) is 6.56. The molecule has 1 aromatic rings. The molecule has 3 rings (SSSR count). The minimum atomic E-state index is 0.699. The summed E-state index contributed by atoms with van der Waals surface area (Å²) in [7, 11) is 0. The van der Waals surface area contributed by atoms with Crippen LogP contribution in [0.25, 0.3) is 0 Å². The molecule has 3 unspecified atom stereocenters. The van der Waals surface area contributed by atoms with Crippen LogP contribution in [0.3, 0.4) is 0 Å². The number of nitrogens with zero attached hydrogens (tertiary/aromatic N) is 1. The van der Waals surface area contributed by atoms with Crippen molar-refractivity contribution < 1.29 is 0 Å². The van der Waals surface area contributed by atoms with Gasteiger partial charge in [0.15, 0.2) is 0 Å². The summed E-state index contributed by atoms with van der Waals surface area (Å²) in [5.41, 5.74) is 3.21. The Kier molecular flexibility index (Phi) is 2.32. The van der Waals surface area contributed by atoms with Crippen LogP contribution in [0.15, 0.2) is 24.3 Å². The van der Waals surface area contributed by atoms with E-state index in [0.29, 0.717) is 18.1 Å². The second-order valence-corrected chi connectivity index (χ2v) is 5.67. The number of rotatable bonds is 2. The summed E-state index contributed by atoms with van der Waals surface area (Å²) in [6, 6.07) is 11.2. The molecule has 1 aromatic carbocycles. The summed E-state index contributed by atoms with van der Waals surface area (Å²) in [4.78, 5) is 2.76. The molecular weight excluding hydrogens is 194 g/mol. The molecule has 3 atom stereocenters. The fraction of sp³-hybridized carbons (Fsp3) is 0.600. The summed E-state index contributed by atoms with van der Waals surface area (Å²) in [5.74, 6) is 0.748. The van der Waals surface area contributed by atoms with Gasteiger partial charge in [0.05, 0.1) is 0 Å². The lowest BCUT2D eigenvalue weighted by atomic mass is 9.92. The zero-order chi connectivity index (χ0) is 11.3. The van der Waals surface area contributed by atoms with Gasteiger partial charge in [-0.25, -0.2) is 0 Å². The number of hydrogen-bond donors (Lipinski definition) is 0. The van der Waals surface area contributed by atoms with Crippen molar-refractivity contribution in [2.45, 2.75) is 51.7 Å². The van der Waals surface area contributed by atoms with Crippen LogP contribution in [0.2, 0.25) is 0 Å². The summed E-state index contributed by atoms with van der Waals surface area (Å²) in [6.45, 7) is 7.07. The molecule has 0 spiro atoms. The van der Waals surface area contributed by atoms with E-state index in [2.05, 4.69) is 49.9 Å². The van der Waals surface area contributed by atoms with E-state index in [4.69, 9.17) is 0 Å². The van der Waals surface area contributed by atoms with Gasteiger partial charge in [-0.2, -0.15) is 0 Å². The highest BCUT2D eigenvalue weighted by atomic mass is 15.3. The van der Waals surface area contributed by atoms with Gasteiger partial charge in [0.2, 0.25) is 0 Å². The van der Waals surface area contributed by atoms with E-state index >= 15 is 0 Å². The van der Waals surface area contributed by atoms with Gasteiger partial charge in [0.25, 0.3) is 0 Å². The summed E-state index contributed by atoms with van der Waals surface area (Å²) >= 11 is 0. The van der Waals surface area contributed by atoms with Crippen molar-refractivity contribution in [1.82, 2.24) is 4.90 Å². The Labute approximate surface area is 98.5 Å². The maximum Gasteiger partial charge on any atom is 0.0361 e. The number of hydrogen-bond acceptors (Lipinski definition) is 1. The van der Waals surface area contributed by atoms with Crippen LogP contribution in [0.5, 0.6) is 0 Å². The molecule has 0 N–H and O–H groups in total. The molecule has 2 aliphatic rings. The van der Waals surface area contributed by atoms with E-state index in [1.807, 2.05) is 0 Å². The molecule has 2 heterocycles. The van der Waals surface area contributed by atoms with Gasteiger partial charge in [-0.3, -0.25) is 4.90 Å². The highest BCUT2D eigenvalue weighted by Gasteiger charge is 2.45. The van der Waals surface area contributed by atoms with Gasteiger partial charge in [0.1, 0.15) is 0 Å². The van der Waals surface area contributed by atoms with Gasteiger partial charge >= 0.3 is 0 Å². The van der Waals surface area contributed by atoms with Gasteiger partial charge < -0.3 is 0 Å². The zero-order valence-corrected chi connectivity index (χ0v) is 10.5. The van der Waals surface area contributed by atoms with E-state index in [-0.39, 0.29) is 0 Å². The van der Waals surface area contributed by atoms with E-state index in [1.165, 1.54) is 12.8 Å². The minimum Gasteiger partial charge on any atom is -0.286 e. The third-order valence-electron chi connectivity index (χ3n) is 4.58. The Morgan fingerprint density at radius 1 is 1.00 bits per heavy atom. The Morgan fingerprint density at radius 3 is 1.94 bits per heavy atom. The quantitative estimate of drug-likeness (QED) is 0.722. The van der Waals surface area contributed by atoms with Crippen molar-refractivity contribution in [3.05, 3.63) is 35.4 Å². The van der Waals surface area contributed by atoms with Crippen LogP contribution in [0, 0.1) is 5.92 Å². The molecule has 2 bridgehead atoms. The number of benzene rings is 1. The maximum atomic E-state index is 2.76. The highest BCUT2D eigenvalue weighted by molar-refractivity contribution is 5.40. The van der Waals surface area contributed by atoms with Crippen molar-refractivity contribution in [3.63, 3.8) is 0 Å². The second kappa shape index (κ2) is 3.59. The van der Waals surface area contributed by atoms with Gasteiger partial charge in [-0.1, -0.05) is 38.1 Å². The van der Waals surface area contributed by atoms with Crippen molar-refractivity contribution in [2.75, 3.05) is 0 Å². The van der Waals surface area contributed by atoms with Gasteiger partial charge in [0, 0.05) is 18.1 Å². The Bertz CT molecular complexity index is 365. The van der Waals surface area contributed by atoms with E-state index < -0.39 is 0 Å². The van der Waals surface area contributed by atoms with Crippen molar-refractivity contribution >= 4 is 0 Å². The van der Waals surface area contributed by atoms with Crippen molar-refractivity contribution in [3.8, 4) is 0 Å². The number of fused-ring (bicyclic) bond motifs is 5. The fourth-order valence-corrected chi connectivity index (χ4v) is 3.49. The monoisotopic (exact) mass is 215 g/mol. The SMILES string of the molecule is CC(C)C(C)N1C2CCC1c1ccccc12. The fourth-order valence-electron chi connectivity index (χ4n) is 3.49. The lowest BCUT2D eigenvalue weighted by molar-refractivity contribution is 0.127. The molecule has 0 radical (unpaired) electrons. The molecule has 0 aromatic heterocycles. The van der Waals surface area contributed by atoms with E-state index in [9.17, 15) is 0 Å². The molecule has 16 heavy (non-hydrogen) atoms. The van der Waals surface area contributed by atoms with Crippen molar-refractivity contribution in [2.24, 2.45) is 5.92 Å². The molecule has 1 heteroatoms. The standard InChI is InChI=1S/C15H21N/c1-10(2)11(3)16-14-8-9-15(16)13-7-5-4-6-12(13)14/h4-7,10-11,14-15H,8-9H2,1-3H3. The lowest BCUT2D eigenvalue weighted by Crippen LogP contribution is -2.34. The zero-order valence-electron chi connectivity index (χ0n) is 10.5. The van der Waals surface area contributed by atoms with E-state index in [1.54, 1.807) is 11.1 Å². The van der Waals surface area contributed by atoms with Crippen molar-refractivity contribution in [1.29, 1.82) is 0 Å². The maximum absolute atomic E-state index is 2.76. The van der Waals surface area contributed by atoms with Gasteiger partial charge in [-0.05, 0) is 36.8 Å². The van der Waals surface area contributed by atoms with Crippen LogP contribution in [-0.2, 0) is 0 Å². The molecular formula is C15H21N. The topological polar surface area (TPSA) is 3.24 Å². The molecule has 0 amide bonds. The van der Waals surface area contributed by atoms with Crippen LogP contribution in [0.4, 0.5) is 0 Å².